The van der Waals surface area contributed by atoms with E-state index in [9.17, 15) is 24.4 Å². The zero-order chi connectivity index (χ0) is 14.4. The highest BCUT2D eigenvalue weighted by Gasteiger charge is 2.63. The van der Waals surface area contributed by atoms with Crippen LogP contribution in [0.25, 0.3) is 0 Å². The van der Waals surface area contributed by atoms with Gasteiger partial charge in [0.25, 0.3) is 11.6 Å². The summed E-state index contributed by atoms with van der Waals surface area (Å²) in [7, 11) is -4.80. The molecule has 0 radical (unpaired) electrons. The number of aliphatic hydroxyl groups is 2. The molecule has 2 aliphatic heterocycles. The van der Waals surface area contributed by atoms with E-state index >= 15 is 0 Å². The molecular weight excluding hydrogens is 287 g/mol. The Kier molecular flexibility index (Phi) is 3.39. The molecule has 11 nitrogen and oxygen atoms in total. The Hall–Kier alpha value is -1.07. The second kappa shape index (κ2) is 4.49. The van der Waals surface area contributed by atoms with Gasteiger partial charge in [-0.1, -0.05) is 0 Å². The van der Waals surface area contributed by atoms with E-state index in [2.05, 4.69) is 4.52 Å². The van der Waals surface area contributed by atoms with E-state index in [-0.39, 0.29) is 0 Å². The van der Waals surface area contributed by atoms with Crippen LogP contribution in [0.4, 0.5) is 4.79 Å². The van der Waals surface area contributed by atoms with Gasteiger partial charge in [-0.15, -0.1) is 0 Å². The van der Waals surface area contributed by atoms with Crippen molar-refractivity contribution in [2.45, 2.75) is 24.0 Å². The lowest BCUT2D eigenvalue weighted by Crippen LogP contribution is -2.56. The smallest absolute Gasteiger partial charge is 0.387 e. The summed E-state index contributed by atoms with van der Waals surface area (Å²) in [4.78, 5) is 39.6. The van der Waals surface area contributed by atoms with Gasteiger partial charge in [-0.2, -0.15) is 0 Å². The highest BCUT2D eigenvalue weighted by Crippen LogP contribution is 2.38. The van der Waals surface area contributed by atoms with E-state index in [0.29, 0.717) is 0 Å². The topological polar surface area (TPSA) is 175 Å². The fraction of sp³-hybridized carbons (Fsp3) is 0.714. The van der Waals surface area contributed by atoms with E-state index in [0.717, 1.165) is 0 Å². The number of hydrogen-bond donors (Lipinski definition) is 6. The molecule has 2 rings (SSSR count). The summed E-state index contributed by atoms with van der Waals surface area (Å²) in [6, 6.07) is -0.923. The molecule has 2 aliphatic rings. The number of carbonyl (C=O) groups is 2. The van der Waals surface area contributed by atoms with Gasteiger partial charge in [0.2, 0.25) is 0 Å². The van der Waals surface area contributed by atoms with Gasteiger partial charge in [0, 0.05) is 0 Å². The molecule has 0 aromatic heterocycles. The summed E-state index contributed by atoms with van der Waals surface area (Å²) < 4.78 is 19.7. The maximum Gasteiger partial charge on any atom is 0.469 e. The number of imide groups is 1. The third-order valence-electron chi connectivity index (χ3n) is 2.73. The van der Waals surface area contributed by atoms with Gasteiger partial charge in [0.1, 0.15) is 18.3 Å². The van der Waals surface area contributed by atoms with Crippen LogP contribution < -0.4 is 10.6 Å². The minimum Gasteiger partial charge on any atom is -0.387 e. The largest absolute Gasteiger partial charge is 0.469 e. The highest BCUT2D eigenvalue weighted by molar-refractivity contribution is 7.46. The number of rotatable bonds is 3. The zero-order valence-corrected chi connectivity index (χ0v) is 10.1. The fourth-order valence-corrected chi connectivity index (χ4v) is 2.21. The lowest BCUT2D eigenvalue weighted by atomic mass is 10.0. The van der Waals surface area contributed by atoms with Crippen molar-refractivity contribution < 1.29 is 43.4 Å². The van der Waals surface area contributed by atoms with Crippen molar-refractivity contribution in [2.75, 3.05) is 6.61 Å². The fourth-order valence-electron chi connectivity index (χ4n) is 1.87. The predicted octanol–water partition coefficient (Wildman–Crippen LogP) is -3.25. The molecular formula is C7H11N2O9P. The molecule has 19 heavy (non-hydrogen) atoms. The van der Waals surface area contributed by atoms with E-state index < -0.39 is 50.4 Å². The maximum atomic E-state index is 11.5. The Morgan fingerprint density at radius 3 is 2.47 bits per heavy atom. The summed E-state index contributed by atoms with van der Waals surface area (Å²) in [5, 5.41) is 23.2. The van der Waals surface area contributed by atoms with E-state index in [1.807, 2.05) is 10.6 Å². The van der Waals surface area contributed by atoms with Crippen molar-refractivity contribution in [1.82, 2.24) is 10.6 Å². The van der Waals surface area contributed by atoms with Gasteiger partial charge < -0.3 is 24.7 Å². The van der Waals surface area contributed by atoms with Crippen LogP contribution >= 0.6 is 7.82 Å². The third kappa shape index (κ3) is 2.49. The first-order valence-corrected chi connectivity index (χ1v) is 6.56. The SMILES string of the molecule is O=C1NC(=O)[C@@]2(N1)O[C@H](COP(=O)(O)O)C(O)C2O. The molecule has 3 amide bonds. The number of amides is 3. The number of nitrogens with one attached hydrogen (secondary N) is 2. The molecule has 0 aromatic carbocycles. The monoisotopic (exact) mass is 298 g/mol. The van der Waals surface area contributed by atoms with Crippen LogP contribution in [0.2, 0.25) is 0 Å². The minimum atomic E-state index is -4.80. The van der Waals surface area contributed by atoms with E-state index in [4.69, 9.17) is 14.5 Å². The van der Waals surface area contributed by atoms with Crippen molar-refractivity contribution in [3.05, 3.63) is 0 Å². The summed E-state index contributed by atoms with van der Waals surface area (Å²) >= 11 is 0. The molecule has 0 bridgehead atoms. The summed E-state index contributed by atoms with van der Waals surface area (Å²) in [6.07, 6.45) is -4.87. The molecule has 1 spiro atoms. The number of carbonyl (C=O) groups excluding carboxylic acids is 2. The Morgan fingerprint density at radius 2 is 2.00 bits per heavy atom. The highest BCUT2D eigenvalue weighted by atomic mass is 31.2. The molecule has 6 N–H and O–H groups in total. The third-order valence-corrected chi connectivity index (χ3v) is 3.21. The number of urea groups is 1. The van der Waals surface area contributed by atoms with Crippen LogP contribution in [0, 0.1) is 0 Å². The molecule has 2 unspecified atom stereocenters. The summed E-state index contributed by atoms with van der Waals surface area (Å²) in [5.41, 5.74) is -2.18. The lowest BCUT2D eigenvalue weighted by molar-refractivity contribution is -0.153. The Bertz CT molecular complexity index is 463. The van der Waals surface area contributed by atoms with Crippen LogP contribution in [-0.2, 0) is 18.6 Å². The van der Waals surface area contributed by atoms with Crippen molar-refractivity contribution in [3.63, 3.8) is 0 Å². The van der Waals surface area contributed by atoms with Crippen LogP contribution in [0.1, 0.15) is 0 Å². The molecule has 2 heterocycles. The van der Waals surface area contributed by atoms with Crippen molar-refractivity contribution in [3.8, 4) is 0 Å². The second-order valence-corrected chi connectivity index (χ2v) is 5.26. The van der Waals surface area contributed by atoms with Crippen LogP contribution in [-0.4, -0.2) is 62.6 Å². The second-order valence-electron chi connectivity index (χ2n) is 4.02. The van der Waals surface area contributed by atoms with Crippen molar-refractivity contribution in [1.29, 1.82) is 0 Å². The molecule has 12 heteroatoms. The van der Waals surface area contributed by atoms with Gasteiger partial charge in [0.15, 0.2) is 0 Å². The Balaban J connectivity index is 2.13. The van der Waals surface area contributed by atoms with Gasteiger partial charge in [-0.05, 0) is 0 Å². The molecule has 2 saturated heterocycles. The Labute approximate surface area is 105 Å². The summed E-state index contributed by atoms with van der Waals surface area (Å²) in [5.74, 6) is -1.01. The Morgan fingerprint density at radius 1 is 1.37 bits per heavy atom. The van der Waals surface area contributed by atoms with Crippen LogP contribution in [0.15, 0.2) is 0 Å². The average molecular weight is 298 g/mol. The van der Waals surface area contributed by atoms with Crippen molar-refractivity contribution in [2.24, 2.45) is 0 Å². The van der Waals surface area contributed by atoms with Gasteiger partial charge in [-0.25, -0.2) is 9.36 Å². The molecule has 108 valence electrons. The number of ether oxygens (including phenoxy) is 1. The normalized spacial score (nSPS) is 38.6. The van der Waals surface area contributed by atoms with Crippen LogP contribution in [0.3, 0.4) is 0 Å². The first kappa shape index (κ1) is 14.3. The van der Waals surface area contributed by atoms with Crippen molar-refractivity contribution >= 4 is 19.8 Å². The van der Waals surface area contributed by atoms with Gasteiger partial charge in [0.05, 0.1) is 6.61 Å². The molecule has 0 saturated carbocycles. The first-order valence-electron chi connectivity index (χ1n) is 5.03. The predicted molar refractivity (Wildman–Crippen MR) is 54.3 cm³/mol. The average Bonchev–Trinajstić information content (AvgIpc) is 2.68. The van der Waals surface area contributed by atoms with E-state index in [1.165, 1.54) is 0 Å². The minimum absolute atomic E-state index is 0.770. The van der Waals surface area contributed by atoms with Gasteiger partial charge >= 0.3 is 13.9 Å². The van der Waals surface area contributed by atoms with E-state index in [1.54, 1.807) is 0 Å². The summed E-state index contributed by atoms with van der Waals surface area (Å²) in [6.45, 7) is -0.770. The number of hydrogen-bond acceptors (Lipinski definition) is 7. The number of phosphoric acid groups is 1. The lowest BCUT2D eigenvalue weighted by Gasteiger charge is -2.23. The molecule has 2 fully saturated rings. The number of phosphoric ester groups is 1. The molecule has 0 aliphatic carbocycles. The zero-order valence-electron chi connectivity index (χ0n) is 9.22. The standard InChI is InChI=1S/C7H11N2O9P/c10-3-2(1-17-19(14,15)16)18-7(4(3)11)5(12)8-6(13)9-7/h2-4,10-11H,1H2,(H2,14,15,16)(H2,8,9,12,13)/t2-,3?,4?,7+/m1/s1. The number of aliphatic hydroxyl groups excluding tert-OH is 2. The molecule has 0 aromatic rings. The maximum absolute atomic E-state index is 11.5. The van der Waals surface area contributed by atoms with Crippen LogP contribution in [0.5, 0.6) is 0 Å². The van der Waals surface area contributed by atoms with Gasteiger partial charge in [-0.3, -0.25) is 20.0 Å². The first-order chi connectivity index (χ1) is 8.66. The molecule has 4 atom stereocenters. The quantitative estimate of drug-likeness (QED) is 0.231.